The molecule has 0 bridgehead atoms. The number of thioether (sulfide) groups is 1. The van der Waals surface area contributed by atoms with Crippen molar-refractivity contribution in [2.24, 2.45) is 11.7 Å². The molecule has 2 amide bonds. The molecule has 0 saturated carbocycles. The van der Waals surface area contributed by atoms with E-state index in [2.05, 4.69) is 0 Å². The molecule has 120 valence electrons. The Hall–Kier alpha value is -1.69. The molecule has 6 heteroatoms. The van der Waals surface area contributed by atoms with Crippen LogP contribution in [-0.4, -0.2) is 42.2 Å². The van der Waals surface area contributed by atoms with Crippen molar-refractivity contribution in [2.45, 2.75) is 29.9 Å². The monoisotopic (exact) mass is 322 g/mol. The van der Waals surface area contributed by atoms with Gasteiger partial charge >= 0.3 is 0 Å². The van der Waals surface area contributed by atoms with Crippen LogP contribution in [0.15, 0.2) is 29.2 Å². The lowest BCUT2D eigenvalue weighted by molar-refractivity contribution is -0.134. The van der Waals surface area contributed by atoms with E-state index in [1.807, 2.05) is 36.1 Å². The lowest BCUT2D eigenvalue weighted by atomic mass is 9.96. The predicted octanol–water partition coefficient (Wildman–Crippen LogP) is 1.90. The summed E-state index contributed by atoms with van der Waals surface area (Å²) in [6.07, 6.45) is 1.34. The van der Waals surface area contributed by atoms with Gasteiger partial charge in [0.1, 0.15) is 5.75 Å². The molecule has 0 unspecified atom stereocenters. The third kappa shape index (κ3) is 4.16. The third-order valence-electron chi connectivity index (χ3n) is 3.93. The molecule has 1 saturated heterocycles. The molecular weight excluding hydrogens is 300 g/mol. The zero-order valence-electron chi connectivity index (χ0n) is 13.0. The molecule has 0 aliphatic carbocycles. The maximum Gasteiger partial charge on any atom is 0.235 e. The number of rotatable bonds is 5. The standard InChI is InChI=1S/C16H22N2O3S/c1-11(22-14-5-3-13(21-2)4-6-14)16(20)18-9-7-12(8-10-18)15(17)19/h3-6,11-12H,7-10H2,1-2H3,(H2,17,19)/t11-/m1/s1. The number of amides is 2. The second-order valence-corrected chi connectivity index (χ2v) is 6.85. The van der Waals surface area contributed by atoms with Gasteiger partial charge in [0.2, 0.25) is 11.8 Å². The largest absolute Gasteiger partial charge is 0.497 e. The van der Waals surface area contributed by atoms with Gasteiger partial charge in [-0.05, 0) is 44.0 Å². The van der Waals surface area contributed by atoms with Crippen molar-refractivity contribution >= 4 is 23.6 Å². The van der Waals surface area contributed by atoms with Crippen molar-refractivity contribution in [3.8, 4) is 5.75 Å². The maximum atomic E-state index is 12.5. The van der Waals surface area contributed by atoms with Crippen LogP contribution in [0.1, 0.15) is 19.8 Å². The zero-order valence-corrected chi connectivity index (χ0v) is 13.8. The minimum atomic E-state index is -0.257. The summed E-state index contributed by atoms with van der Waals surface area (Å²) in [6.45, 7) is 3.14. The van der Waals surface area contributed by atoms with E-state index < -0.39 is 0 Å². The molecule has 1 heterocycles. The Labute approximate surface area is 135 Å². The summed E-state index contributed by atoms with van der Waals surface area (Å²) in [5.41, 5.74) is 5.32. The van der Waals surface area contributed by atoms with Crippen LogP contribution in [0.4, 0.5) is 0 Å². The molecule has 5 nitrogen and oxygen atoms in total. The molecular formula is C16H22N2O3S. The van der Waals surface area contributed by atoms with Crippen molar-refractivity contribution in [2.75, 3.05) is 20.2 Å². The molecule has 1 aromatic carbocycles. The van der Waals surface area contributed by atoms with E-state index in [1.165, 1.54) is 11.8 Å². The van der Waals surface area contributed by atoms with Crippen LogP contribution in [0, 0.1) is 5.92 Å². The van der Waals surface area contributed by atoms with Crippen molar-refractivity contribution in [3.63, 3.8) is 0 Å². The first kappa shape index (κ1) is 16.7. The van der Waals surface area contributed by atoms with Crippen molar-refractivity contribution in [1.82, 2.24) is 4.90 Å². The number of nitrogens with two attached hydrogens (primary N) is 1. The number of nitrogens with zero attached hydrogens (tertiary/aromatic N) is 1. The first-order valence-electron chi connectivity index (χ1n) is 7.40. The summed E-state index contributed by atoms with van der Waals surface area (Å²) >= 11 is 1.53. The van der Waals surface area contributed by atoms with Gasteiger partial charge in [0, 0.05) is 23.9 Å². The van der Waals surface area contributed by atoms with Gasteiger partial charge < -0.3 is 15.4 Å². The normalized spacial score (nSPS) is 17.1. The fraction of sp³-hybridized carbons (Fsp3) is 0.500. The number of likely N-dealkylation sites (tertiary alicyclic amines) is 1. The highest BCUT2D eigenvalue weighted by molar-refractivity contribution is 8.00. The average molecular weight is 322 g/mol. The van der Waals surface area contributed by atoms with Crippen LogP contribution in [-0.2, 0) is 9.59 Å². The molecule has 1 aromatic rings. The second kappa shape index (κ2) is 7.54. The molecule has 1 atom stereocenters. The Morgan fingerprint density at radius 2 is 1.86 bits per heavy atom. The van der Waals surface area contributed by atoms with Gasteiger partial charge in [-0.25, -0.2) is 0 Å². The fourth-order valence-electron chi connectivity index (χ4n) is 2.55. The molecule has 0 aromatic heterocycles. The number of benzene rings is 1. The number of ether oxygens (including phenoxy) is 1. The summed E-state index contributed by atoms with van der Waals surface area (Å²) in [7, 11) is 1.63. The van der Waals surface area contributed by atoms with Crippen LogP contribution < -0.4 is 10.5 Å². The lowest BCUT2D eigenvalue weighted by Gasteiger charge is -2.32. The van der Waals surface area contributed by atoms with Crippen LogP contribution in [0.5, 0.6) is 5.75 Å². The summed E-state index contributed by atoms with van der Waals surface area (Å²) in [4.78, 5) is 26.5. The van der Waals surface area contributed by atoms with Gasteiger partial charge in [0.25, 0.3) is 0 Å². The van der Waals surface area contributed by atoms with Gasteiger partial charge in [-0.3, -0.25) is 9.59 Å². The number of carbonyl (C=O) groups excluding carboxylic acids is 2. The van der Waals surface area contributed by atoms with Gasteiger partial charge in [-0.15, -0.1) is 11.8 Å². The Kier molecular flexibility index (Phi) is 5.71. The molecule has 1 aliphatic heterocycles. The highest BCUT2D eigenvalue weighted by Crippen LogP contribution is 2.27. The smallest absolute Gasteiger partial charge is 0.235 e. The fourth-order valence-corrected chi connectivity index (χ4v) is 3.50. The summed E-state index contributed by atoms with van der Waals surface area (Å²) in [6, 6.07) is 7.68. The molecule has 22 heavy (non-hydrogen) atoms. The topological polar surface area (TPSA) is 72.6 Å². The van der Waals surface area contributed by atoms with Crippen LogP contribution in [0.2, 0.25) is 0 Å². The number of hydrogen-bond donors (Lipinski definition) is 1. The Balaban J connectivity index is 1.88. The highest BCUT2D eigenvalue weighted by Gasteiger charge is 2.28. The number of methoxy groups -OCH3 is 1. The maximum absolute atomic E-state index is 12.5. The van der Waals surface area contributed by atoms with Crippen molar-refractivity contribution in [3.05, 3.63) is 24.3 Å². The molecule has 2 N–H and O–H groups in total. The van der Waals surface area contributed by atoms with E-state index in [0.717, 1.165) is 10.6 Å². The number of piperidine rings is 1. The van der Waals surface area contributed by atoms with Gasteiger partial charge in [0.05, 0.1) is 12.4 Å². The van der Waals surface area contributed by atoms with E-state index in [9.17, 15) is 9.59 Å². The van der Waals surface area contributed by atoms with Crippen molar-refractivity contribution < 1.29 is 14.3 Å². The Bertz CT molecular complexity index is 525. The summed E-state index contributed by atoms with van der Waals surface area (Å²) in [5, 5.41) is -0.154. The van der Waals surface area contributed by atoms with E-state index >= 15 is 0 Å². The summed E-state index contributed by atoms with van der Waals surface area (Å²) in [5.74, 6) is 0.571. The van der Waals surface area contributed by atoms with Gasteiger partial charge in [0.15, 0.2) is 0 Å². The van der Waals surface area contributed by atoms with E-state index in [1.54, 1.807) is 7.11 Å². The lowest BCUT2D eigenvalue weighted by Crippen LogP contribution is -2.44. The van der Waals surface area contributed by atoms with Gasteiger partial charge in [-0.1, -0.05) is 0 Å². The highest BCUT2D eigenvalue weighted by atomic mass is 32.2. The number of hydrogen-bond acceptors (Lipinski definition) is 4. The molecule has 2 rings (SSSR count). The van der Waals surface area contributed by atoms with Crippen LogP contribution in [0.25, 0.3) is 0 Å². The SMILES string of the molecule is COc1ccc(S[C@H](C)C(=O)N2CCC(C(N)=O)CC2)cc1. The molecule has 1 aliphatic rings. The quantitative estimate of drug-likeness (QED) is 0.840. The third-order valence-corrected chi connectivity index (χ3v) is 5.03. The second-order valence-electron chi connectivity index (χ2n) is 5.44. The first-order valence-corrected chi connectivity index (χ1v) is 8.28. The zero-order chi connectivity index (χ0) is 16.1. The van der Waals surface area contributed by atoms with E-state index in [-0.39, 0.29) is 23.0 Å². The first-order chi connectivity index (χ1) is 10.5. The van der Waals surface area contributed by atoms with E-state index in [0.29, 0.717) is 25.9 Å². The minimum absolute atomic E-state index is 0.0893. The molecule has 0 spiro atoms. The summed E-state index contributed by atoms with van der Waals surface area (Å²) < 4.78 is 5.12. The van der Waals surface area contributed by atoms with Gasteiger partial charge in [-0.2, -0.15) is 0 Å². The minimum Gasteiger partial charge on any atom is -0.497 e. The number of carbonyl (C=O) groups is 2. The number of primary amides is 1. The molecule has 0 radical (unpaired) electrons. The van der Waals surface area contributed by atoms with Crippen molar-refractivity contribution in [1.29, 1.82) is 0 Å². The average Bonchev–Trinajstić information content (AvgIpc) is 2.55. The van der Waals surface area contributed by atoms with Crippen LogP contribution in [0.3, 0.4) is 0 Å². The Morgan fingerprint density at radius 1 is 1.27 bits per heavy atom. The predicted molar refractivity (Wildman–Crippen MR) is 86.8 cm³/mol. The van der Waals surface area contributed by atoms with E-state index in [4.69, 9.17) is 10.5 Å². The van der Waals surface area contributed by atoms with Crippen LogP contribution >= 0.6 is 11.8 Å². The Morgan fingerprint density at radius 3 is 2.36 bits per heavy atom. The molecule has 1 fully saturated rings.